The smallest absolute Gasteiger partial charge is 0.316 e. The molecule has 1 N–H and O–H groups in total. The maximum absolute atomic E-state index is 11.1. The number of aliphatic carboxylic acids is 1. The van der Waals surface area contributed by atoms with Gasteiger partial charge >= 0.3 is 5.97 Å². The third-order valence-corrected chi connectivity index (χ3v) is 5.07. The number of carboxylic acids is 1. The van der Waals surface area contributed by atoms with Crippen molar-refractivity contribution in [3.05, 3.63) is 11.0 Å². The van der Waals surface area contributed by atoms with Crippen molar-refractivity contribution in [3.8, 4) is 0 Å². The molecule has 19 heavy (non-hydrogen) atoms. The predicted molar refractivity (Wildman–Crippen MR) is 83.5 cm³/mol. The number of allylic oxidation sites excluding steroid dienone is 1. The summed E-state index contributed by atoms with van der Waals surface area (Å²) in [5, 5.41) is 11.1. The molecule has 0 aromatic rings. The maximum atomic E-state index is 11.1. The van der Waals surface area contributed by atoms with Gasteiger partial charge in [0.1, 0.15) is 5.25 Å². The second-order valence-electron chi connectivity index (χ2n) is 5.54. The Kier molecular flexibility index (Phi) is 8.27. The molecule has 3 heteroatoms. The molecule has 1 aliphatic heterocycles. The lowest BCUT2D eigenvalue weighted by atomic mass is 9.86. The van der Waals surface area contributed by atoms with E-state index in [0.29, 0.717) is 5.92 Å². The standard InChI is InChI=1S/C16H28O2S/c1-3-5-7-9-13-11-15(16(17)18)19-12-14(13)10-8-6-4-2/h12-13,15H,3-11H2,1-2H3,(H,17,18). The number of carbonyl (C=O) groups is 1. The van der Waals surface area contributed by atoms with Gasteiger partial charge in [-0.25, -0.2) is 0 Å². The molecule has 0 aromatic heterocycles. The van der Waals surface area contributed by atoms with E-state index >= 15 is 0 Å². The zero-order chi connectivity index (χ0) is 14.1. The van der Waals surface area contributed by atoms with E-state index in [1.54, 1.807) is 0 Å². The van der Waals surface area contributed by atoms with E-state index in [-0.39, 0.29) is 5.25 Å². The minimum atomic E-state index is -0.644. The third kappa shape index (κ3) is 6.03. The van der Waals surface area contributed by atoms with Crippen LogP contribution in [0.2, 0.25) is 0 Å². The second kappa shape index (κ2) is 9.46. The molecule has 0 bridgehead atoms. The first-order valence-electron chi connectivity index (χ1n) is 7.76. The largest absolute Gasteiger partial charge is 0.480 e. The van der Waals surface area contributed by atoms with E-state index in [1.807, 2.05) is 0 Å². The van der Waals surface area contributed by atoms with Crippen LogP contribution in [0.3, 0.4) is 0 Å². The van der Waals surface area contributed by atoms with Crippen molar-refractivity contribution >= 4 is 17.7 Å². The molecule has 0 aromatic carbocycles. The topological polar surface area (TPSA) is 37.3 Å². The van der Waals surface area contributed by atoms with E-state index in [4.69, 9.17) is 0 Å². The minimum Gasteiger partial charge on any atom is -0.480 e. The summed E-state index contributed by atoms with van der Waals surface area (Å²) in [6.07, 6.45) is 10.7. The van der Waals surface area contributed by atoms with Crippen molar-refractivity contribution in [2.24, 2.45) is 5.92 Å². The lowest BCUT2D eigenvalue weighted by Gasteiger charge is -2.28. The molecule has 0 amide bonds. The first-order valence-corrected chi connectivity index (χ1v) is 8.70. The van der Waals surface area contributed by atoms with E-state index in [1.165, 1.54) is 68.7 Å². The zero-order valence-corrected chi connectivity index (χ0v) is 13.2. The Bertz CT molecular complexity index is 299. The van der Waals surface area contributed by atoms with Gasteiger partial charge in [-0.3, -0.25) is 4.79 Å². The number of rotatable bonds is 9. The normalized spacial score (nSPS) is 23.2. The van der Waals surface area contributed by atoms with Crippen molar-refractivity contribution < 1.29 is 9.90 Å². The molecule has 110 valence electrons. The minimum absolute atomic E-state index is 0.221. The van der Waals surface area contributed by atoms with Gasteiger partial charge in [-0.05, 0) is 37.0 Å². The number of unbranched alkanes of at least 4 members (excludes halogenated alkanes) is 4. The molecule has 1 rings (SSSR count). The second-order valence-corrected chi connectivity index (χ2v) is 6.62. The van der Waals surface area contributed by atoms with E-state index < -0.39 is 5.97 Å². The zero-order valence-electron chi connectivity index (χ0n) is 12.4. The van der Waals surface area contributed by atoms with Crippen LogP contribution >= 0.6 is 11.8 Å². The van der Waals surface area contributed by atoms with Crippen LogP contribution < -0.4 is 0 Å². The Hall–Kier alpha value is -0.440. The average molecular weight is 284 g/mol. The SMILES string of the molecule is CCCCCC1=CSC(C(=O)O)CC1CCCCC. The van der Waals surface area contributed by atoms with Crippen molar-refractivity contribution in [1.82, 2.24) is 0 Å². The van der Waals surface area contributed by atoms with Gasteiger partial charge in [-0.15, -0.1) is 11.8 Å². The first kappa shape index (κ1) is 16.6. The fourth-order valence-corrected chi connectivity index (χ4v) is 3.79. The Morgan fingerprint density at radius 1 is 1.26 bits per heavy atom. The van der Waals surface area contributed by atoms with Gasteiger partial charge in [-0.2, -0.15) is 0 Å². The Labute approximate surface area is 122 Å². The van der Waals surface area contributed by atoms with E-state index in [2.05, 4.69) is 19.3 Å². The van der Waals surface area contributed by atoms with Gasteiger partial charge < -0.3 is 5.11 Å². The summed E-state index contributed by atoms with van der Waals surface area (Å²) < 4.78 is 0. The molecule has 0 saturated carbocycles. The summed E-state index contributed by atoms with van der Waals surface area (Å²) in [4.78, 5) is 11.1. The molecule has 1 aliphatic rings. The molecule has 0 spiro atoms. The fraction of sp³-hybridized carbons (Fsp3) is 0.812. The Morgan fingerprint density at radius 3 is 2.58 bits per heavy atom. The predicted octanol–water partition coefficient (Wildman–Crippen LogP) is 5.24. The average Bonchev–Trinajstić information content (AvgIpc) is 2.40. The summed E-state index contributed by atoms with van der Waals surface area (Å²) in [5.74, 6) is -0.125. The van der Waals surface area contributed by atoms with Gasteiger partial charge in [0.25, 0.3) is 0 Å². The van der Waals surface area contributed by atoms with Crippen molar-refractivity contribution in [2.45, 2.75) is 76.9 Å². The van der Waals surface area contributed by atoms with Crippen LogP contribution in [0.15, 0.2) is 11.0 Å². The van der Waals surface area contributed by atoms with Crippen molar-refractivity contribution in [3.63, 3.8) is 0 Å². The molecular weight excluding hydrogens is 256 g/mol. The molecule has 2 nitrogen and oxygen atoms in total. The fourth-order valence-electron chi connectivity index (χ4n) is 2.68. The Morgan fingerprint density at radius 2 is 1.95 bits per heavy atom. The molecule has 0 radical (unpaired) electrons. The highest BCUT2D eigenvalue weighted by Gasteiger charge is 2.28. The number of carboxylic acid groups (broad SMARTS) is 1. The maximum Gasteiger partial charge on any atom is 0.316 e. The molecular formula is C16H28O2S. The number of thioether (sulfide) groups is 1. The summed E-state index contributed by atoms with van der Waals surface area (Å²) in [5.41, 5.74) is 1.52. The van der Waals surface area contributed by atoms with Crippen molar-refractivity contribution in [1.29, 1.82) is 0 Å². The van der Waals surface area contributed by atoms with Crippen LogP contribution in [0.1, 0.15) is 71.6 Å². The highest BCUT2D eigenvalue weighted by molar-refractivity contribution is 8.03. The highest BCUT2D eigenvalue weighted by atomic mass is 32.2. The number of hydrogen-bond acceptors (Lipinski definition) is 2. The monoisotopic (exact) mass is 284 g/mol. The summed E-state index contributed by atoms with van der Waals surface area (Å²) >= 11 is 1.52. The summed E-state index contributed by atoms with van der Waals surface area (Å²) in [7, 11) is 0. The van der Waals surface area contributed by atoms with Crippen molar-refractivity contribution in [2.75, 3.05) is 0 Å². The number of hydrogen-bond donors (Lipinski definition) is 1. The van der Waals surface area contributed by atoms with Crippen LogP contribution in [0.4, 0.5) is 0 Å². The van der Waals surface area contributed by atoms with Gasteiger partial charge in [0, 0.05) is 0 Å². The van der Waals surface area contributed by atoms with Gasteiger partial charge in [-0.1, -0.05) is 51.5 Å². The molecule has 2 atom stereocenters. The molecule has 0 fully saturated rings. The lowest BCUT2D eigenvalue weighted by molar-refractivity contribution is -0.136. The van der Waals surface area contributed by atoms with Crippen LogP contribution in [-0.4, -0.2) is 16.3 Å². The van der Waals surface area contributed by atoms with Crippen LogP contribution in [0, 0.1) is 5.92 Å². The van der Waals surface area contributed by atoms with Gasteiger partial charge in [0.05, 0.1) is 0 Å². The molecule has 2 unspecified atom stereocenters. The van der Waals surface area contributed by atoms with E-state index in [0.717, 1.165) is 6.42 Å². The van der Waals surface area contributed by atoms with Gasteiger partial charge in [0.15, 0.2) is 0 Å². The van der Waals surface area contributed by atoms with Crippen LogP contribution in [0.25, 0.3) is 0 Å². The summed E-state index contributed by atoms with van der Waals surface area (Å²) in [6.45, 7) is 4.44. The molecule has 0 aliphatic carbocycles. The Balaban J connectivity index is 2.53. The molecule has 1 heterocycles. The quantitative estimate of drug-likeness (QED) is 0.588. The third-order valence-electron chi connectivity index (χ3n) is 3.91. The van der Waals surface area contributed by atoms with Crippen LogP contribution in [-0.2, 0) is 4.79 Å². The van der Waals surface area contributed by atoms with Crippen LogP contribution in [0.5, 0.6) is 0 Å². The van der Waals surface area contributed by atoms with E-state index in [9.17, 15) is 9.90 Å². The molecule has 0 saturated heterocycles. The van der Waals surface area contributed by atoms with Gasteiger partial charge in [0.2, 0.25) is 0 Å². The first-order chi connectivity index (χ1) is 9.19. The highest BCUT2D eigenvalue weighted by Crippen LogP contribution is 2.38. The lowest BCUT2D eigenvalue weighted by Crippen LogP contribution is -2.24. The summed E-state index contributed by atoms with van der Waals surface area (Å²) in [6, 6.07) is 0.